The Balaban J connectivity index is 1.84. The molecule has 146 valence electrons. The molecule has 0 aliphatic carbocycles. The summed E-state index contributed by atoms with van der Waals surface area (Å²) in [5.74, 6) is 0.332. The van der Waals surface area contributed by atoms with Crippen molar-refractivity contribution in [2.45, 2.75) is 12.4 Å². The molecule has 2 aliphatic rings. The lowest BCUT2D eigenvalue weighted by atomic mass is 9.88. The minimum absolute atomic E-state index is 0.298. The molecule has 4 N–H and O–H groups in total. The van der Waals surface area contributed by atoms with E-state index in [0.29, 0.717) is 18.0 Å². The first kappa shape index (κ1) is 18.9. The second-order valence-electron chi connectivity index (χ2n) is 6.60. The van der Waals surface area contributed by atoms with Crippen LogP contribution < -0.4 is 20.3 Å². The van der Waals surface area contributed by atoms with Gasteiger partial charge in [-0.1, -0.05) is 24.3 Å². The number of carbonyl (C=O) groups excluding carboxylic acids is 1. The van der Waals surface area contributed by atoms with Crippen molar-refractivity contribution in [3.8, 4) is 5.75 Å². The van der Waals surface area contributed by atoms with Gasteiger partial charge in [0.25, 0.3) is 5.91 Å². The van der Waals surface area contributed by atoms with Crippen LogP contribution in [0.4, 0.5) is 5.69 Å². The molecule has 0 radical (unpaired) electrons. The van der Waals surface area contributed by atoms with Crippen LogP contribution in [0.5, 0.6) is 5.75 Å². The number of aliphatic hydroxyl groups is 2. The van der Waals surface area contributed by atoms with Gasteiger partial charge in [-0.2, -0.15) is 0 Å². The zero-order chi connectivity index (χ0) is 19.8. The van der Waals surface area contributed by atoms with E-state index in [4.69, 9.17) is 4.74 Å². The molecular weight excluding hydrogens is 426 g/mol. The zero-order valence-corrected chi connectivity index (χ0v) is 16.7. The number of amides is 1. The van der Waals surface area contributed by atoms with Crippen molar-refractivity contribution in [1.82, 2.24) is 10.6 Å². The standard InChI is InChI=1S/C20H20BrN3O4/c1-28-16-7-6-11(8-14(16)21)18-13-9-24(17(26)10-25)15-5-3-2-4-12(15)19(13)23-20(27)22-18/h2-8,18,20,22-23,25,27H,9-10H2,1H3. The second-order valence-corrected chi connectivity index (χ2v) is 7.45. The Labute approximate surface area is 170 Å². The molecule has 7 nitrogen and oxygen atoms in total. The smallest absolute Gasteiger partial charge is 0.253 e. The number of fused-ring (bicyclic) bond motifs is 2. The molecule has 2 atom stereocenters. The largest absolute Gasteiger partial charge is 0.496 e. The molecule has 2 heterocycles. The fourth-order valence-corrected chi connectivity index (χ4v) is 4.30. The van der Waals surface area contributed by atoms with Crippen molar-refractivity contribution in [2.24, 2.45) is 0 Å². The first-order valence-electron chi connectivity index (χ1n) is 8.81. The molecule has 2 aromatic rings. The lowest BCUT2D eigenvalue weighted by molar-refractivity contribution is -0.121. The third-order valence-electron chi connectivity index (χ3n) is 5.01. The Kier molecular flexibility index (Phi) is 5.11. The molecule has 0 spiro atoms. The van der Waals surface area contributed by atoms with Crippen LogP contribution in [0.15, 0.2) is 52.5 Å². The highest BCUT2D eigenvalue weighted by molar-refractivity contribution is 9.10. The van der Waals surface area contributed by atoms with E-state index in [0.717, 1.165) is 26.9 Å². The first-order chi connectivity index (χ1) is 13.5. The summed E-state index contributed by atoms with van der Waals surface area (Å²) in [4.78, 5) is 14.0. The van der Waals surface area contributed by atoms with E-state index in [2.05, 4.69) is 26.6 Å². The number of hydrogen-bond acceptors (Lipinski definition) is 6. The summed E-state index contributed by atoms with van der Waals surface area (Å²) in [6, 6.07) is 12.8. The number of rotatable bonds is 3. The van der Waals surface area contributed by atoms with Crippen LogP contribution in [0.1, 0.15) is 17.2 Å². The fraction of sp³-hybridized carbons (Fsp3) is 0.250. The quantitative estimate of drug-likeness (QED) is 0.574. The molecule has 8 heteroatoms. The summed E-state index contributed by atoms with van der Waals surface area (Å²) in [7, 11) is 1.60. The van der Waals surface area contributed by atoms with Crippen LogP contribution in [-0.2, 0) is 4.79 Å². The van der Waals surface area contributed by atoms with E-state index in [1.165, 1.54) is 0 Å². The summed E-state index contributed by atoms with van der Waals surface area (Å²) in [5.41, 5.74) is 4.13. The molecule has 0 fully saturated rings. The van der Waals surface area contributed by atoms with Gasteiger partial charge in [0, 0.05) is 11.3 Å². The Morgan fingerprint density at radius 2 is 2.11 bits per heavy atom. The molecular formula is C20H20BrN3O4. The van der Waals surface area contributed by atoms with Crippen molar-refractivity contribution in [1.29, 1.82) is 0 Å². The molecule has 2 aromatic carbocycles. The number of nitrogens with zero attached hydrogens (tertiary/aromatic N) is 1. The average Bonchev–Trinajstić information content (AvgIpc) is 2.72. The van der Waals surface area contributed by atoms with Crippen LogP contribution >= 0.6 is 15.9 Å². The normalized spacial score (nSPS) is 20.9. The number of benzene rings is 2. The maximum absolute atomic E-state index is 12.4. The highest BCUT2D eigenvalue weighted by atomic mass is 79.9. The van der Waals surface area contributed by atoms with E-state index >= 15 is 0 Å². The number of methoxy groups -OCH3 is 1. The summed E-state index contributed by atoms with van der Waals surface area (Å²) >= 11 is 3.50. The van der Waals surface area contributed by atoms with Gasteiger partial charge in [-0.15, -0.1) is 0 Å². The molecule has 2 aliphatic heterocycles. The van der Waals surface area contributed by atoms with E-state index in [9.17, 15) is 15.0 Å². The van der Waals surface area contributed by atoms with Gasteiger partial charge in [-0.3, -0.25) is 10.1 Å². The molecule has 1 amide bonds. The van der Waals surface area contributed by atoms with Crippen molar-refractivity contribution in [2.75, 3.05) is 25.2 Å². The number of aliphatic hydroxyl groups excluding tert-OH is 2. The topological polar surface area (TPSA) is 94.1 Å². The monoisotopic (exact) mass is 445 g/mol. The summed E-state index contributed by atoms with van der Waals surface area (Å²) in [6.07, 6.45) is -0.947. The number of carbonyl (C=O) groups is 1. The lowest BCUT2D eigenvalue weighted by Gasteiger charge is -2.41. The molecule has 28 heavy (non-hydrogen) atoms. The van der Waals surface area contributed by atoms with Gasteiger partial charge < -0.3 is 25.2 Å². The van der Waals surface area contributed by atoms with Crippen LogP contribution in [0, 0.1) is 0 Å². The maximum atomic E-state index is 12.4. The Hall–Kier alpha value is -2.39. The molecule has 0 aromatic heterocycles. The van der Waals surface area contributed by atoms with E-state index in [1.54, 1.807) is 12.0 Å². The average molecular weight is 446 g/mol. The number of halogens is 1. The van der Waals surface area contributed by atoms with Crippen LogP contribution in [-0.4, -0.2) is 42.7 Å². The summed E-state index contributed by atoms with van der Waals surface area (Å²) < 4.78 is 6.10. The highest BCUT2D eigenvalue weighted by Gasteiger charge is 2.36. The van der Waals surface area contributed by atoms with E-state index in [1.807, 2.05) is 42.5 Å². The SMILES string of the molecule is COc1ccc(C2NC(O)NC3=C2CN(C(=O)CO)c2ccccc23)cc1Br. The number of para-hydroxylation sites is 1. The van der Waals surface area contributed by atoms with Crippen molar-refractivity contribution >= 4 is 33.2 Å². The van der Waals surface area contributed by atoms with Gasteiger partial charge in [0.2, 0.25) is 0 Å². The number of hydrogen-bond donors (Lipinski definition) is 4. The van der Waals surface area contributed by atoms with Gasteiger partial charge >= 0.3 is 0 Å². The zero-order valence-electron chi connectivity index (χ0n) is 15.1. The van der Waals surface area contributed by atoms with Crippen LogP contribution in [0.3, 0.4) is 0 Å². The third-order valence-corrected chi connectivity index (χ3v) is 5.63. The minimum Gasteiger partial charge on any atom is -0.496 e. The first-order valence-corrected chi connectivity index (χ1v) is 9.60. The molecule has 0 saturated carbocycles. The number of anilines is 1. The molecule has 0 bridgehead atoms. The third kappa shape index (κ3) is 3.18. The highest BCUT2D eigenvalue weighted by Crippen LogP contribution is 2.41. The molecule has 4 rings (SSSR count). The van der Waals surface area contributed by atoms with Crippen LogP contribution in [0.2, 0.25) is 0 Å². The summed E-state index contributed by atoms with van der Waals surface area (Å²) in [6.45, 7) is -0.272. The molecule has 0 saturated heterocycles. The van der Waals surface area contributed by atoms with Crippen molar-refractivity contribution in [3.05, 3.63) is 63.6 Å². The van der Waals surface area contributed by atoms with Gasteiger partial charge in [0.1, 0.15) is 12.4 Å². The van der Waals surface area contributed by atoms with E-state index in [-0.39, 0.29) is 11.9 Å². The lowest BCUT2D eigenvalue weighted by Crippen LogP contribution is -2.52. The van der Waals surface area contributed by atoms with Gasteiger partial charge in [-0.05, 0) is 45.3 Å². The summed E-state index contributed by atoms with van der Waals surface area (Å²) in [5, 5.41) is 26.0. The second kappa shape index (κ2) is 7.56. The van der Waals surface area contributed by atoms with Gasteiger partial charge in [0.15, 0.2) is 6.35 Å². The fourth-order valence-electron chi connectivity index (χ4n) is 3.74. The van der Waals surface area contributed by atoms with Gasteiger partial charge in [0.05, 0.1) is 29.9 Å². The molecule has 2 unspecified atom stereocenters. The predicted molar refractivity (Wildman–Crippen MR) is 109 cm³/mol. The number of ether oxygens (including phenoxy) is 1. The Bertz CT molecular complexity index is 962. The van der Waals surface area contributed by atoms with Gasteiger partial charge in [-0.25, -0.2) is 0 Å². The number of nitrogens with one attached hydrogen (secondary N) is 2. The van der Waals surface area contributed by atoms with Crippen molar-refractivity contribution in [3.63, 3.8) is 0 Å². The van der Waals surface area contributed by atoms with Crippen molar-refractivity contribution < 1.29 is 19.7 Å². The maximum Gasteiger partial charge on any atom is 0.253 e. The minimum atomic E-state index is -0.947. The predicted octanol–water partition coefficient (Wildman–Crippen LogP) is 1.72. The Morgan fingerprint density at radius 1 is 1.32 bits per heavy atom. The van der Waals surface area contributed by atoms with Crippen LogP contribution in [0.25, 0.3) is 5.70 Å². The Morgan fingerprint density at radius 3 is 2.82 bits per heavy atom. The van der Waals surface area contributed by atoms with E-state index < -0.39 is 13.0 Å².